The first-order valence-corrected chi connectivity index (χ1v) is 8.91. The number of ketones is 1. The smallest absolute Gasteiger partial charge is 0.231 e. The number of halogens is 1. The lowest BCUT2D eigenvalue weighted by Crippen LogP contribution is -2.07. The highest BCUT2D eigenvalue weighted by Crippen LogP contribution is 2.33. The Kier molecular flexibility index (Phi) is 4.33. The van der Waals surface area contributed by atoms with Gasteiger partial charge in [0.25, 0.3) is 0 Å². The molecule has 0 bridgehead atoms. The Balaban J connectivity index is 1.57. The van der Waals surface area contributed by atoms with Crippen LogP contribution >= 0.6 is 22.9 Å². The van der Waals surface area contributed by atoms with Crippen LogP contribution in [0.5, 0.6) is 11.5 Å². The molecule has 128 valence electrons. The van der Waals surface area contributed by atoms with Crippen LogP contribution in [0, 0.1) is 11.3 Å². The Morgan fingerprint density at radius 1 is 1.27 bits per heavy atom. The first kappa shape index (κ1) is 16.6. The van der Waals surface area contributed by atoms with Gasteiger partial charge >= 0.3 is 0 Å². The van der Waals surface area contributed by atoms with Gasteiger partial charge in [0.2, 0.25) is 6.79 Å². The maximum Gasteiger partial charge on any atom is 0.231 e. The molecule has 0 saturated carbocycles. The van der Waals surface area contributed by atoms with Crippen LogP contribution < -0.4 is 9.47 Å². The normalized spacial score (nSPS) is 13.8. The number of rotatable bonds is 4. The summed E-state index contributed by atoms with van der Waals surface area (Å²) in [5.74, 6) is 0.0442. The first-order valence-electron chi connectivity index (χ1n) is 7.71. The highest BCUT2D eigenvalue weighted by molar-refractivity contribution is 7.18. The summed E-state index contributed by atoms with van der Waals surface area (Å²) in [4.78, 5) is 16.9. The Morgan fingerprint density at radius 3 is 2.96 bits per heavy atom. The molecule has 0 spiro atoms. The van der Waals surface area contributed by atoms with Gasteiger partial charge in [-0.25, -0.2) is 4.98 Å². The molecular weight excluding hydrogens is 372 g/mol. The number of hydrogen-bond donors (Lipinski definition) is 0. The molecule has 0 fully saturated rings. The van der Waals surface area contributed by atoms with Gasteiger partial charge in [0.05, 0.1) is 16.3 Å². The fourth-order valence-electron chi connectivity index (χ4n) is 2.57. The maximum absolute atomic E-state index is 12.5. The van der Waals surface area contributed by atoms with Gasteiger partial charge in [0, 0.05) is 5.02 Å². The van der Waals surface area contributed by atoms with Crippen molar-refractivity contribution in [2.24, 2.45) is 0 Å². The highest BCUT2D eigenvalue weighted by Gasteiger charge is 2.22. The first-order chi connectivity index (χ1) is 12.6. The Hall–Kier alpha value is -2.88. The molecule has 1 aliphatic rings. The summed E-state index contributed by atoms with van der Waals surface area (Å²) in [7, 11) is 0. The van der Waals surface area contributed by atoms with Gasteiger partial charge in [0.1, 0.15) is 5.01 Å². The topological polar surface area (TPSA) is 72.2 Å². The van der Waals surface area contributed by atoms with Crippen LogP contribution in [0.3, 0.4) is 0 Å². The third-order valence-corrected chi connectivity index (χ3v) is 5.20. The minimum Gasteiger partial charge on any atom is -0.454 e. The fraction of sp³-hybridized carbons (Fsp3) is 0.105. The molecule has 3 aromatic rings. The average Bonchev–Trinajstić information content (AvgIpc) is 3.26. The van der Waals surface area contributed by atoms with E-state index < -0.39 is 5.92 Å². The minimum absolute atomic E-state index is 0.194. The number of fused-ring (bicyclic) bond motifs is 2. The minimum atomic E-state index is -0.948. The number of aromatic nitrogens is 1. The molecular formula is C19H11ClN2O3S. The van der Waals surface area contributed by atoms with Gasteiger partial charge in [-0.1, -0.05) is 23.7 Å². The molecule has 0 N–H and O–H groups in total. The Morgan fingerprint density at radius 2 is 2.12 bits per heavy atom. The molecule has 1 atom stereocenters. The lowest BCUT2D eigenvalue weighted by atomic mass is 10.1. The third-order valence-electron chi connectivity index (χ3n) is 3.86. The second kappa shape index (κ2) is 6.79. The summed E-state index contributed by atoms with van der Waals surface area (Å²) in [6.45, 7) is 0.194. The number of ether oxygens (including phenoxy) is 2. The standard InChI is InChI=1S/C19H11ClN2O3S/c20-12-3-6-18-14(8-12)22-19(26-18)13(9-21)15(23)4-1-11-2-5-16-17(7-11)25-10-24-16/h1-8,13H,10H2. The van der Waals surface area contributed by atoms with E-state index in [0.717, 1.165) is 10.3 Å². The number of nitriles is 1. The van der Waals surface area contributed by atoms with Gasteiger partial charge < -0.3 is 9.47 Å². The monoisotopic (exact) mass is 382 g/mol. The second-order valence-electron chi connectivity index (χ2n) is 5.57. The van der Waals surface area contributed by atoms with Crippen molar-refractivity contribution in [2.75, 3.05) is 6.79 Å². The SMILES string of the molecule is N#CC(C(=O)C=Cc1ccc2c(c1)OCO2)c1nc2cc(Cl)ccc2s1. The van der Waals surface area contributed by atoms with Gasteiger partial charge in [-0.05, 0) is 42.0 Å². The van der Waals surface area contributed by atoms with E-state index in [2.05, 4.69) is 4.98 Å². The quantitative estimate of drug-likeness (QED) is 0.618. The van der Waals surface area contributed by atoms with E-state index in [1.165, 1.54) is 17.4 Å². The number of thiazole rings is 1. The molecule has 4 rings (SSSR count). The van der Waals surface area contributed by atoms with Gasteiger partial charge in [0.15, 0.2) is 23.2 Å². The number of hydrogen-bond acceptors (Lipinski definition) is 6. The van der Waals surface area contributed by atoms with Crippen LogP contribution in [0.25, 0.3) is 16.3 Å². The number of carbonyl (C=O) groups excluding carboxylic acids is 1. The van der Waals surface area contributed by atoms with Crippen LogP contribution in [0.4, 0.5) is 0 Å². The summed E-state index contributed by atoms with van der Waals surface area (Å²) in [6.07, 6.45) is 3.04. The summed E-state index contributed by atoms with van der Waals surface area (Å²) < 4.78 is 11.5. The summed E-state index contributed by atoms with van der Waals surface area (Å²) in [5.41, 5.74) is 1.47. The lowest BCUT2D eigenvalue weighted by Gasteiger charge is -2.01. The summed E-state index contributed by atoms with van der Waals surface area (Å²) in [6, 6.07) is 12.7. The van der Waals surface area contributed by atoms with Crippen molar-refractivity contribution in [1.29, 1.82) is 5.26 Å². The van der Waals surface area contributed by atoms with Gasteiger partial charge in [-0.2, -0.15) is 5.26 Å². The van der Waals surface area contributed by atoms with Gasteiger partial charge in [-0.15, -0.1) is 11.3 Å². The van der Waals surface area contributed by atoms with Crippen LogP contribution in [0.1, 0.15) is 16.5 Å². The molecule has 0 saturated heterocycles. The number of benzene rings is 2. The molecule has 1 unspecified atom stereocenters. The van der Waals surface area contributed by atoms with Gasteiger partial charge in [-0.3, -0.25) is 4.79 Å². The maximum atomic E-state index is 12.5. The zero-order chi connectivity index (χ0) is 18.1. The summed E-state index contributed by atoms with van der Waals surface area (Å²) in [5, 5.41) is 10.5. The molecule has 1 aromatic heterocycles. The summed E-state index contributed by atoms with van der Waals surface area (Å²) >= 11 is 7.29. The van der Waals surface area contributed by atoms with Crippen LogP contribution in [0.2, 0.25) is 5.02 Å². The molecule has 0 amide bonds. The molecule has 2 aromatic carbocycles. The van der Waals surface area contributed by atoms with Crippen LogP contribution in [0.15, 0.2) is 42.5 Å². The van der Waals surface area contributed by atoms with Crippen molar-refractivity contribution in [3.05, 3.63) is 58.1 Å². The van der Waals surface area contributed by atoms with Crippen molar-refractivity contribution in [3.63, 3.8) is 0 Å². The van der Waals surface area contributed by atoms with Crippen molar-refractivity contribution >= 4 is 45.0 Å². The third kappa shape index (κ3) is 3.15. The largest absolute Gasteiger partial charge is 0.454 e. The van der Waals surface area contributed by atoms with E-state index in [9.17, 15) is 10.1 Å². The molecule has 0 radical (unpaired) electrons. The zero-order valence-corrected chi connectivity index (χ0v) is 14.9. The highest BCUT2D eigenvalue weighted by atomic mass is 35.5. The van der Waals surface area contributed by atoms with E-state index in [1.807, 2.05) is 18.2 Å². The Labute approximate surface area is 158 Å². The second-order valence-corrected chi connectivity index (χ2v) is 7.07. The lowest BCUT2D eigenvalue weighted by molar-refractivity contribution is -0.114. The van der Waals surface area contributed by atoms with E-state index >= 15 is 0 Å². The molecule has 7 heteroatoms. The van der Waals surface area contributed by atoms with Crippen LogP contribution in [-0.2, 0) is 4.79 Å². The predicted octanol–water partition coefficient (Wildman–Crippen LogP) is 4.57. The fourth-order valence-corrected chi connectivity index (χ4v) is 3.74. The predicted molar refractivity (Wildman–Crippen MR) is 99.6 cm³/mol. The van der Waals surface area contributed by atoms with E-state index in [-0.39, 0.29) is 12.6 Å². The molecule has 2 heterocycles. The van der Waals surface area contributed by atoms with E-state index in [1.54, 1.807) is 30.3 Å². The zero-order valence-electron chi connectivity index (χ0n) is 13.3. The Bertz CT molecular complexity index is 1080. The molecule has 5 nitrogen and oxygen atoms in total. The van der Waals surface area contributed by atoms with Crippen molar-refractivity contribution in [1.82, 2.24) is 4.98 Å². The number of allylic oxidation sites excluding steroid dienone is 1. The molecule has 1 aliphatic heterocycles. The number of nitrogens with zero attached hydrogens (tertiary/aromatic N) is 2. The number of carbonyl (C=O) groups is 1. The molecule has 26 heavy (non-hydrogen) atoms. The van der Waals surface area contributed by atoms with Crippen LogP contribution in [-0.4, -0.2) is 17.6 Å². The van der Waals surface area contributed by atoms with Crippen molar-refractivity contribution in [2.45, 2.75) is 5.92 Å². The average molecular weight is 383 g/mol. The molecule has 0 aliphatic carbocycles. The van der Waals surface area contributed by atoms with Crippen molar-refractivity contribution < 1.29 is 14.3 Å². The van der Waals surface area contributed by atoms with E-state index in [0.29, 0.717) is 27.0 Å². The van der Waals surface area contributed by atoms with E-state index in [4.69, 9.17) is 21.1 Å². The van der Waals surface area contributed by atoms with Crippen molar-refractivity contribution in [3.8, 4) is 17.6 Å².